The fourth-order valence-electron chi connectivity index (χ4n) is 8.55. The van der Waals surface area contributed by atoms with E-state index in [1.807, 2.05) is 21.1 Å². The fraction of sp³-hybridized carbons (Fsp3) is 0.852. The van der Waals surface area contributed by atoms with E-state index in [4.69, 9.17) is 18.9 Å². The van der Waals surface area contributed by atoms with Crippen molar-refractivity contribution in [2.45, 2.75) is 289 Å². The monoisotopic (exact) mass is 989 g/mol. The normalized spacial score (nSPS) is 13.0. The van der Waals surface area contributed by atoms with Gasteiger partial charge in [0.05, 0.1) is 34.4 Å². The molecule has 0 saturated heterocycles. The second-order valence-electron chi connectivity index (χ2n) is 21.3. The minimum Gasteiger partial charge on any atom is -0.477 e. The Kier molecular flexibility index (Phi) is 50.9. The first-order valence-corrected chi connectivity index (χ1v) is 29.7. The molecular weight excluding hydrogens is 875 g/mol. The van der Waals surface area contributed by atoms with Gasteiger partial charge in [0.25, 0.3) is 6.29 Å². The van der Waals surface area contributed by atoms with Crippen molar-refractivity contribution in [1.29, 1.82) is 0 Å². The standard InChI is InChI=1S/C61H113NO8/c1-6-8-10-12-14-16-18-20-22-24-26-27-28-29-30-31-32-33-34-36-38-40-42-44-46-48-50-52-59(64)70-57(56-69-61(60(65)66)67-54-53-62(3,4)5)55-68-58(63)51-49-47-45-43-41-39-37-35-25-23-21-19-17-15-13-11-9-7-2/h18,20,24,26,28-29,57,61H,6-17,19,21-23,25,27,30-56H2,1-5H3/p+1/b20-18-,26-24-,29-28-. The van der Waals surface area contributed by atoms with Crippen molar-refractivity contribution < 1.29 is 42.9 Å². The largest absolute Gasteiger partial charge is 0.477 e. The molecule has 0 amide bonds. The highest BCUT2D eigenvalue weighted by Crippen LogP contribution is 2.17. The van der Waals surface area contributed by atoms with Crippen LogP contribution in [0.5, 0.6) is 0 Å². The topological polar surface area (TPSA) is 108 Å². The summed E-state index contributed by atoms with van der Waals surface area (Å²) in [6, 6.07) is 0. The van der Waals surface area contributed by atoms with Gasteiger partial charge in [0.1, 0.15) is 13.2 Å². The number of quaternary nitrogens is 1. The number of nitrogens with zero attached hydrogens (tertiary/aromatic N) is 1. The van der Waals surface area contributed by atoms with E-state index in [1.54, 1.807) is 0 Å². The molecule has 0 saturated carbocycles. The molecule has 410 valence electrons. The molecule has 0 rings (SSSR count). The average Bonchev–Trinajstić information content (AvgIpc) is 3.33. The molecular formula is C61H114NO8+. The highest BCUT2D eigenvalue weighted by molar-refractivity contribution is 5.71. The molecule has 0 spiro atoms. The van der Waals surface area contributed by atoms with Gasteiger partial charge < -0.3 is 28.5 Å². The molecule has 0 aromatic rings. The molecule has 1 N–H and O–H groups in total. The lowest BCUT2D eigenvalue weighted by Gasteiger charge is -2.25. The highest BCUT2D eigenvalue weighted by atomic mass is 16.7. The third-order valence-corrected chi connectivity index (χ3v) is 13.1. The minimum atomic E-state index is -1.51. The summed E-state index contributed by atoms with van der Waals surface area (Å²) in [5.41, 5.74) is 0. The SMILES string of the molecule is CCCCCCC/C=C\C/C=C\C/C=C\CCCCCCCCCCCCCCC(=O)OC(COC(=O)CCCCCCCCCCCCCCCCCCCC)COC(OCC[N+](C)(C)C)C(=O)O. The number of aliphatic carboxylic acids is 1. The first-order chi connectivity index (χ1) is 34.1. The van der Waals surface area contributed by atoms with Gasteiger partial charge in [-0.25, -0.2) is 4.79 Å². The maximum absolute atomic E-state index is 12.9. The number of carboxylic acid groups (broad SMARTS) is 1. The van der Waals surface area contributed by atoms with E-state index >= 15 is 0 Å². The van der Waals surface area contributed by atoms with Gasteiger partial charge in [0.15, 0.2) is 6.10 Å². The molecule has 2 unspecified atom stereocenters. The summed E-state index contributed by atoms with van der Waals surface area (Å²) in [5.74, 6) is -1.99. The zero-order valence-corrected chi connectivity index (χ0v) is 46.7. The van der Waals surface area contributed by atoms with Crippen LogP contribution in [0.2, 0.25) is 0 Å². The molecule has 0 aromatic heterocycles. The maximum atomic E-state index is 12.9. The number of likely N-dealkylation sites (N-methyl/N-ethyl adjacent to an activating group) is 1. The number of esters is 2. The lowest BCUT2D eigenvalue weighted by molar-refractivity contribution is -0.870. The Balaban J connectivity index is 4.20. The Bertz CT molecular complexity index is 1240. The molecule has 9 nitrogen and oxygen atoms in total. The summed E-state index contributed by atoms with van der Waals surface area (Å²) < 4.78 is 22.9. The third kappa shape index (κ3) is 53.3. The molecule has 0 aromatic carbocycles. The summed E-state index contributed by atoms with van der Waals surface area (Å²) in [5, 5.41) is 9.70. The molecule has 0 aliphatic carbocycles. The number of hydrogen-bond acceptors (Lipinski definition) is 7. The molecule has 70 heavy (non-hydrogen) atoms. The summed E-state index contributed by atoms with van der Waals surface area (Å²) >= 11 is 0. The van der Waals surface area contributed by atoms with E-state index in [9.17, 15) is 19.5 Å². The van der Waals surface area contributed by atoms with Gasteiger partial charge in [-0.05, 0) is 51.4 Å². The van der Waals surface area contributed by atoms with E-state index in [1.165, 1.54) is 199 Å². The van der Waals surface area contributed by atoms with Gasteiger partial charge >= 0.3 is 17.9 Å². The van der Waals surface area contributed by atoms with Gasteiger partial charge in [-0.1, -0.05) is 249 Å². The summed E-state index contributed by atoms with van der Waals surface area (Å²) in [7, 11) is 5.98. The van der Waals surface area contributed by atoms with Crippen molar-refractivity contribution in [3.8, 4) is 0 Å². The van der Waals surface area contributed by atoms with Gasteiger partial charge in [-0.15, -0.1) is 0 Å². The fourth-order valence-corrected chi connectivity index (χ4v) is 8.55. The lowest BCUT2D eigenvalue weighted by Crippen LogP contribution is -2.40. The van der Waals surface area contributed by atoms with E-state index in [2.05, 4.69) is 50.3 Å². The van der Waals surface area contributed by atoms with Gasteiger partial charge in [-0.2, -0.15) is 0 Å². The van der Waals surface area contributed by atoms with Gasteiger partial charge in [0, 0.05) is 12.8 Å². The Morgan fingerprint density at radius 2 is 0.771 bits per heavy atom. The zero-order valence-electron chi connectivity index (χ0n) is 46.7. The number of ether oxygens (including phenoxy) is 4. The first kappa shape index (κ1) is 67.5. The summed E-state index contributed by atoms with van der Waals surface area (Å²) in [6.07, 6.45) is 60.7. The minimum absolute atomic E-state index is 0.178. The second kappa shape index (κ2) is 52.8. The molecule has 0 aliphatic rings. The van der Waals surface area contributed by atoms with E-state index in [0.717, 1.165) is 51.4 Å². The van der Waals surface area contributed by atoms with Crippen LogP contribution in [0.3, 0.4) is 0 Å². The molecule has 0 aliphatic heterocycles. The van der Waals surface area contributed by atoms with Gasteiger partial charge in [-0.3, -0.25) is 9.59 Å². The number of carbonyl (C=O) groups is 3. The highest BCUT2D eigenvalue weighted by Gasteiger charge is 2.25. The Labute approximate surface area is 432 Å². The number of rotatable bonds is 55. The molecule has 0 radical (unpaired) electrons. The van der Waals surface area contributed by atoms with Crippen LogP contribution in [0.4, 0.5) is 0 Å². The van der Waals surface area contributed by atoms with Crippen LogP contribution in [0, 0.1) is 0 Å². The number of allylic oxidation sites excluding steroid dienone is 6. The second-order valence-corrected chi connectivity index (χ2v) is 21.3. The Hall–Kier alpha value is -2.49. The maximum Gasteiger partial charge on any atom is 0.361 e. The molecule has 9 heteroatoms. The number of unbranched alkanes of at least 4 members (excludes halogenated alkanes) is 34. The molecule has 0 fully saturated rings. The van der Waals surface area contributed by atoms with Crippen molar-refractivity contribution in [2.75, 3.05) is 47.5 Å². The van der Waals surface area contributed by atoms with E-state index in [-0.39, 0.29) is 32.2 Å². The Morgan fingerprint density at radius 1 is 0.429 bits per heavy atom. The van der Waals surface area contributed by atoms with Crippen LogP contribution >= 0.6 is 0 Å². The molecule has 2 atom stereocenters. The van der Waals surface area contributed by atoms with Crippen molar-refractivity contribution >= 4 is 17.9 Å². The van der Waals surface area contributed by atoms with Crippen LogP contribution in [-0.2, 0) is 33.3 Å². The van der Waals surface area contributed by atoms with Crippen molar-refractivity contribution in [3.05, 3.63) is 36.5 Å². The van der Waals surface area contributed by atoms with Crippen LogP contribution in [0.25, 0.3) is 0 Å². The van der Waals surface area contributed by atoms with Gasteiger partial charge in [0.2, 0.25) is 0 Å². The van der Waals surface area contributed by atoms with Crippen LogP contribution < -0.4 is 0 Å². The Morgan fingerprint density at radius 3 is 1.14 bits per heavy atom. The molecule has 0 bridgehead atoms. The third-order valence-electron chi connectivity index (χ3n) is 13.1. The first-order valence-electron chi connectivity index (χ1n) is 29.7. The van der Waals surface area contributed by atoms with Crippen LogP contribution in [-0.4, -0.2) is 87.4 Å². The summed E-state index contributed by atoms with van der Waals surface area (Å²) in [6.45, 7) is 4.91. The molecule has 0 heterocycles. The number of hydrogen-bond donors (Lipinski definition) is 1. The van der Waals surface area contributed by atoms with Crippen LogP contribution in [0.1, 0.15) is 277 Å². The van der Waals surface area contributed by atoms with Crippen molar-refractivity contribution in [3.63, 3.8) is 0 Å². The lowest BCUT2D eigenvalue weighted by atomic mass is 10.0. The van der Waals surface area contributed by atoms with Crippen molar-refractivity contribution in [2.24, 2.45) is 0 Å². The number of carboxylic acids is 1. The van der Waals surface area contributed by atoms with Crippen molar-refractivity contribution in [1.82, 2.24) is 0 Å². The van der Waals surface area contributed by atoms with Crippen LogP contribution in [0.15, 0.2) is 36.5 Å². The predicted octanol–water partition coefficient (Wildman–Crippen LogP) is 17.3. The predicted molar refractivity (Wildman–Crippen MR) is 295 cm³/mol. The smallest absolute Gasteiger partial charge is 0.361 e. The zero-order chi connectivity index (χ0) is 51.3. The quantitative estimate of drug-likeness (QED) is 0.0211. The number of carbonyl (C=O) groups excluding carboxylic acids is 2. The average molecular weight is 990 g/mol. The van der Waals surface area contributed by atoms with E-state index < -0.39 is 24.3 Å². The summed E-state index contributed by atoms with van der Waals surface area (Å²) in [4.78, 5) is 37.4. The van der Waals surface area contributed by atoms with E-state index in [0.29, 0.717) is 17.4 Å².